The highest BCUT2D eigenvalue weighted by molar-refractivity contribution is 5.39. The molecule has 0 radical (unpaired) electrons. The fourth-order valence-corrected chi connectivity index (χ4v) is 9.12. The van der Waals surface area contributed by atoms with Gasteiger partial charge in [-0.3, -0.25) is 0 Å². The third-order valence-corrected chi connectivity index (χ3v) is 11.3. The maximum atomic E-state index is 11.4. The van der Waals surface area contributed by atoms with E-state index in [-0.39, 0.29) is 29.0 Å². The van der Waals surface area contributed by atoms with Crippen LogP contribution in [0, 0.1) is 46.3 Å². The third-order valence-electron chi connectivity index (χ3n) is 11.3. The van der Waals surface area contributed by atoms with Gasteiger partial charge in [0.1, 0.15) is 0 Å². The summed E-state index contributed by atoms with van der Waals surface area (Å²) in [5.41, 5.74) is 4.51. The number of aliphatic hydroxyl groups is 2. The predicted molar refractivity (Wildman–Crippen MR) is 134 cm³/mol. The lowest BCUT2D eigenvalue weighted by atomic mass is 9.47. The first kappa shape index (κ1) is 24.5. The molecular weight excluding hydrogens is 392 g/mol. The van der Waals surface area contributed by atoms with Crippen LogP contribution in [0.3, 0.4) is 0 Å². The topological polar surface area (TPSA) is 40.5 Å². The molecule has 32 heavy (non-hydrogen) atoms. The summed E-state index contributed by atoms with van der Waals surface area (Å²) in [6.45, 7) is 18.9. The molecular formula is C30H50O2. The molecule has 4 aliphatic rings. The summed E-state index contributed by atoms with van der Waals surface area (Å²) >= 11 is 0. The van der Waals surface area contributed by atoms with Crippen molar-refractivity contribution >= 4 is 0 Å². The second-order valence-electron chi connectivity index (χ2n) is 13.0. The van der Waals surface area contributed by atoms with Gasteiger partial charge in [-0.1, -0.05) is 66.5 Å². The quantitative estimate of drug-likeness (QED) is 0.423. The molecule has 2 heteroatoms. The second kappa shape index (κ2) is 8.88. The monoisotopic (exact) mass is 442 g/mol. The summed E-state index contributed by atoms with van der Waals surface area (Å²) in [5, 5.41) is 21.9. The molecule has 0 heterocycles. The minimum absolute atomic E-state index is 0.161. The number of aliphatic hydroxyl groups excluding tert-OH is 2. The Morgan fingerprint density at radius 2 is 1.69 bits per heavy atom. The molecule has 2 N–H and O–H groups in total. The van der Waals surface area contributed by atoms with Crippen LogP contribution in [0.1, 0.15) is 106 Å². The van der Waals surface area contributed by atoms with Crippen molar-refractivity contribution in [3.05, 3.63) is 23.3 Å². The van der Waals surface area contributed by atoms with Gasteiger partial charge in [0.05, 0.1) is 12.2 Å². The van der Waals surface area contributed by atoms with Gasteiger partial charge < -0.3 is 10.2 Å². The highest BCUT2D eigenvalue weighted by atomic mass is 16.3. The van der Waals surface area contributed by atoms with E-state index in [4.69, 9.17) is 0 Å². The van der Waals surface area contributed by atoms with Crippen molar-refractivity contribution in [2.45, 2.75) is 118 Å². The van der Waals surface area contributed by atoms with Gasteiger partial charge >= 0.3 is 0 Å². The Labute approximate surface area is 198 Å². The van der Waals surface area contributed by atoms with Crippen LogP contribution in [-0.4, -0.2) is 22.4 Å². The van der Waals surface area contributed by atoms with Gasteiger partial charge in [-0.25, -0.2) is 0 Å². The summed E-state index contributed by atoms with van der Waals surface area (Å²) in [6.07, 6.45) is 11.0. The molecule has 0 spiro atoms. The van der Waals surface area contributed by atoms with Gasteiger partial charge in [-0.15, -0.1) is 0 Å². The number of fused-ring (bicyclic) bond motifs is 4. The van der Waals surface area contributed by atoms with E-state index in [1.807, 2.05) is 0 Å². The van der Waals surface area contributed by atoms with Gasteiger partial charge in [-0.2, -0.15) is 0 Å². The summed E-state index contributed by atoms with van der Waals surface area (Å²) in [6, 6.07) is 0. The zero-order valence-corrected chi connectivity index (χ0v) is 21.8. The molecule has 0 aromatic carbocycles. The van der Waals surface area contributed by atoms with Crippen LogP contribution in [0.5, 0.6) is 0 Å². The lowest BCUT2D eigenvalue weighted by Crippen LogP contribution is -2.52. The maximum Gasteiger partial charge on any atom is 0.0761 e. The lowest BCUT2D eigenvalue weighted by molar-refractivity contribution is -0.0327. The molecule has 0 aliphatic heterocycles. The van der Waals surface area contributed by atoms with Gasteiger partial charge in [-0.05, 0) is 109 Å². The van der Waals surface area contributed by atoms with Crippen molar-refractivity contribution in [2.24, 2.45) is 46.3 Å². The van der Waals surface area contributed by atoms with E-state index < -0.39 is 0 Å². The number of hydrogen-bond donors (Lipinski definition) is 2. The lowest BCUT2D eigenvalue weighted by Gasteiger charge is -2.58. The van der Waals surface area contributed by atoms with Gasteiger partial charge in [0.2, 0.25) is 0 Å². The highest BCUT2D eigenvalue weighted by Gasteiger charge is 2.58. The SMILES string of the molecule is C=C1[C@@H](O)CC[C@@]2(C)[C@H]1C[C@@H](O)C1=C3CC[C@H]([C@H](C)CC[C@H](CC)C(C)C)[C@@]3(C)CC[C@@H]12. The highest BCUT2D eigenvalue weighted by Crippen LogP contribution is 2.66. The van der Waals surface area contributed by atoms with Gasteiger partial charge in [0, 0.05) is 0 Å². The third kappa shape index (κ3) is 3.76. The standard InChI is InChI=1S/C30H50O2/c1-8-21(18(2)3)10-9-19(4)22-11-12-23-28-24(13-15-29(22,23)6)30(7)16-14-26(31)20(5)25(30)17-27(28)32/h18-19,21-22,24-27,31-32H,5,8-17H2,1-4,6-7H3/t19-,21+,22-,24+,25+,26+,27-,29-,30-/m1/s1. The molecule has 0 unspecified atom stereocenters. The average molecular weight is 443 g/mol. The van der Waals surface area contributed by atoms with E-state index in [2.05, 4.69) is 48.1 Å². The van der Waals surface area contributed by atoms with Crippen LogP contribution in [0.2, 0.25) is 0 Å². The van der Waals surface area contributed by atoms with Crippen molar-refractivity contribution in [3.63, 3.8) is 0 Å². The van der Waals surface area contributed by atoms with Gasteiger partial charge in [0.15, 0.2) is 0 Å². The van der Waals surface area contributed by atoms with Crippen LogP contribution in [0.15, 0.2) is 23.3 Å². The Bertz CT molecular complexity index is 750. The molecule has 0 amide bonds. The summed E-state index contributed by atoms with van der Waals surface area (Å²) in [4.78, 5) is 0. The zero-order valence-electron chi connectivity index (χ0n) is 21.8. The normalized spacial score (nSPS) is 43.7. The summed E-state index contributed by atoms with van der Waals surface area (Å²) < 4.78 is 0. The van der Waals surface area contributed by atoms with E-state index in [0.29, 0.717) is 5.92 Å². The fraction of sp³-hybridized carbons (Fsp3) is 0.867. The average Bonchev–Trinajstić information content (AvgIpc) is 3.10. The first-order chi connectivity index (χ1) is 15.0. The maximum absolute atomic E-state index is 11.4. The molecule has 3 fully saturated rings. The van der Waals surface area contributed by atoms with Crippen LogP contribution in [0.25, 0.3) is 0 Å². The van der Waals surface area contributed by atoms with Crippen molar-refractivity contribution in [1.29, 1.82) is 0 Å². The molecule has 3 saturated carbocycles. The first-order valence-electron chi connectivity index (χ1n) is 13.8. The Morgan fingerprint density at radius 3 is 2.34 bits per heavy atom. The van der Waals surface area contributed by atoms with Crippen LogP contribution < -0.4 is 0 Å². The first-order valence-corrected chi connectivity index (χ1v) is 13.8. The Morgan fingerprint density at radius 1 is 0.969 bits per heavy atom. The van der Waals surface area contributed by atoms with E-state index in [9.17, 15) is 10.2 Å². The van der Waals surface area contributed by atoms with E-state index >= 15 is 0 Å². The Balaban J connectivity index is 1.58. The second-order valence-corrected chi connectivity index (χ2v) is 13.0. The molecule has 9 atom stereocenters. The van der Waals surface area contributed by atoms with Gasteiger partial charge in [0.25, 0.3) is 0 Å². The number of hydrogen-bond acceptors (Lipinski definition) is 2. The summed E-state index contributed by atoms with van der Waals surface area (Å²) in [7, 11) is 0. The molecule has 4 rings (SSSR count). The van der Waals surface area contributed by atoms with Crippen LogP contribution >= 0.6 is 0 Å². The summed E-state index contributed by atoms with van der Waals surface area (Å²) in [5.74, 6) is 3.90. The van der Waals surface area contributed by atoms with Crippen molar-refractivity contribution in [1.82, 2.24) is 0 Å². The molecule has 0 aromatic rings. The molecule has 0 aromatic heterocycles. The van der Waals surface area contributed by atoms with Crippen molar-refractivity contribution < 1.29 is 10.2 Å². The number of allylic oxidation sites excluding steroid dienone is 1. The van der Waals surface area contributed by atoms with E-state index in [0.717, 1.165) is 48.5 Å². The van der Waals surface area contributed by atoms with Crippen LogP contribution in [0.4, 0.5) is 0 Å². The minimum Gasteiger partial charge on any atom is -0.389 e. The van der Waals surface area contributed by atoms with Crippen molar-refractivity contribution in [2.75, 3.05) is 0 Å². The van der Waals surface area contributed by atoms with E-state index in [1.54, 1.807) is 5.57 Å². The van der Waals surface area contributed by atoms with E-state index in [1.165, 1.54) is 50.5 Å². The predicted octanol–water partition coefficient (Wildman–Crippen LogP) is 7.31. The van der Waals surface area contributed by atoms with Crippen LogP contribution in [-0.2, 0) is 0 Å². The minimum atomic E-state index is -0.377. The zero-order chi connectivity index (χ0) is 23.4. The number of rotatable bonds is 6. The van der Waals surface area contributed by atoms with Crippen molar-refractivity contribution in [3.8, 4) is 0 Å². The molecule has 2 nitrogen and oxygen atoms in total. The molecule has 4 aliphatic carbocycles. The molecule has 182 valence electrons. The Hall–Kier alpha value is -0.600. The Kier molecular flexibility index (Phi) is 6.80. The fourth-order valence-electron chi connectivity index (χ4n) is 9.12. The largest absolute Gasteiger partial charge is 0.389 e. The molecule has 0 saturated heterocycles. The molecule has 0 bridgehead atoms. The smallest absolute Gasteiger partial charge is 0.0761 e.